The Morgan fingerprint density at radius 2 is 2.14 bits per heavy atom. The van der Waals surface area contributed by atoms with Crippen molar-refractivity contribution in [2.75, 3.05) is 11.9 Å². The number of rotatable bonds is 4. The molecule has 0 saturated carbocycles. The molecule has 1 aromatic carbocycles. The highest BCUT2D eigenvalue weighted by molar-refractivity contribution is 5.95. The van der Waals surface area contributed by atoms with Crippen molar-refractivity contribution in [3.05, 3.63) is 41.2 Å². The Hall–Kier alpha value is -3.70. The third-order valence-corrected chi connectivity index (χ3v) is 3.56. The normalized spacial score (nSPS) is 13.6. The van der Waals surface area contributed by atoms with Crippen molar-refractivity contribution in [1.29, 1.82) is 0 Å². The maximum atomic E-state index is 12.9. The Morgan fingerprint density at radius 1 is 1.36 bits per heavy atom. The summed E-state index contributed by atoms with van der Waals surface area (Å²) in [6.07, 6.45) is -4.06. The van der Waals surface area contributed by atoms with E-state index in [9.17, 15) is 22.8 Å². The highest BCUT2D eigenvalue weighted by Gasteiger charge is 2.34. The number of hydrogen-bond acceptors (Lipinski definition) is 6. The number of anilines is 1. The average molecular weight is 394 g/mol. The highest BCUT2D eigenvalue weighted by Crippen LogP contribution is 2.30. The van der Waals surface area contributed by atoms with E-state index in [1.165, 1.54) is 0 Å². The van der Waals surface area contributed by atoms with Crippen molar-refractivity contribution in [2.24, 2.45) is 10.7 Å². The van der Waals surface area contributed by atoms with Crippen LogP contribution in [0.5, 0.6) is 5.75 Å². The number of benzene rings is 1. The molecule has 12 heteroatoms. The molecular formula is C16H13F3N6O3. The van der Waals surface area contributed by atoms with Gasteiger partial charge in [0.25, 0.3) is 17.8 Å². The van der Waals surface area contributed by atoms with Gasteiger partial charge in [-0.1, -0.05) is 6.07 Å². The number of ether oxygens (including phenoxy) is 1. The third kappa shape index (κ3) is 4.34. The van der Waals surface area contributed by atoms with Crippen LogP contribution in [0.3, 0.4) is 0 Å². The summed E-state index contributed by atoms with van der Waals surface area (Å²) in [4.78, 5) is 33.8. The lowest BCUT2D eigenvalue weighted by molar-refractivity contribution is -0.141. The Bertz CT molecular complexity index is 961. The van der Waals surface area contributed by atoms with E-state index in [4.69, 9.17) is 10.5 Å². The predicted molar refractivity (Wildman–Crippen MR) is 91.1 cm³/mol. The molecule has 1 aliphatic heterocycles. The van der Waals surface area contributed by atoms with Crippen LogP contribution in [0.1, 0.15) is 21.7 Å². The van der Waals surface area contributed by atoms with E-state index in [0.29, 0.717) is 23.1 Å². The Labute approximate surface area is 155 Å². The molecule has 0 atom stereocenters. The number of carbonyl (C=O) groups is 2. The van der Waals surface area contributed by atoms with Gasteiger partial charge in [0.05, 0.1) is 12.0 Å². The second-order valence-corrected chi connectivity index (χ2v) is 5.56. The van der Waals surface area contributed by atoms with Crippen molar-refractivity contribution in [3.63, 3.8) is 0 Å². The van der Waals surface area contributed by atoms with Crippen molar-refractivity contribution >= 4 is 29.8 Å². The number of alkyl halides is 3. The largest absolute Gasteiger partial charge is 0.482 e. The van der Waals surface area contributed by atoms with Crippen molar-refractivity contribution in [1.82, 2.24) is 15.3 Å². The second kappa shape index (κ2) is 7.50. The minimum absolute atomic E-state index is 0.0250. The van der Waals surface area contributed by atoms with Gasteiger partial charge in [-0.25, -0.2) is 15.0 Å². The molecule has 2 aromatic rings. The average Bonchev–Trinajstić information content (AvgIpc) is 2.65. The zero-order valence-corrected chi connectivity index (χ0v) is 14.1. The second-order valence-electron chi connectivity index (χ2n) is 5.56. The number of amides is 2. The minimum atomic E-state index is -4.78. The predicted octanol–water partition coefficient (Wildman–Crippen LogP) is 1.37. The van der Waals surface area contributed by atoms with Crippen LogP contribution in [0.25, 0.3) is 0 Å². The molecule has 2 amide bonds. The first-order valence-electron chi connectivity index (χ1n) is 7.80. The van der Waals surface area contributed by atoms with E-state index in [2.05, 4.69) is 25.6 Å². The number of fused-ring (bicyclic) bond motifs is 1. The number of aromatic nitrogens is 2. The molecule has 0 aliphatic carbocycles. The van der Waals surface area contributed by atoms with Crippen molar-refractivity contribution in [3.8, 4) is 5.75 Å². The molecule has 0 unspecified atom stereocenters. The maximum Gasteiger partial charge on any atom is 0.433 e. The summed E-state index contributed by atoms with van der Waals surface area (Å²) in [6.45, 7) is -0.116. The van der Waals surface area contributed by atoms with Crippen LogP contribution in [0.2, 0.25) is 0 Å². The van der Waals surface area contributed by atoms with Gasteiger partial charge in [0.2, 0.25) is 0 Å². The summed E-state index contributed by atoms with van der Waals surface area (Å²) < 4.78 is 44.0. The maximum absolute atomic E-state index is 12.9. The molecule has 0 radical (unpaired) electrons. The summed E-state index contributed by atoms with van der Waals surface area (Å²) in [7, 11) is 0. The molecule has 9 nitrogen and oxygen atoms in total. The van der Waals surface area contributed by atoms with Crippen molar-refractivity contribution < 1.29 is 27.5 Å². The van der Waals surface area contributed by atoms with Gasteiger partial charge in [0.15, 0.2) is 12.3 Å². The van der Waals surface area contributed by atoms with Gasteiger partial charge in [-0.3, -0.25) is 9.59 Å². The van der Waals surface area contributed by atoms with Crippen LogP contribution >= 0.6 is 0 Å². The molecule has 2 heterocycles. The van der Waals surface area contributed by atoms with E-state index >= 15 is 0 Å². The van der Waals surface area contributed by atoms with Crippen LogP contribution in [0, 0.1) is 0 Å². The lowest BCUT2D eigenvalue weighted by Crippen LogP contribution is -2.26. The molecule has 0 bridgehead atoms. The van der Waals surface area contributed by atoms with E-state index in [-0.39, 0.29) is 19.1 Å². The smallest absolute Gasteiger partial charge is 0.433 e. The Kier molecular flexibility index (Phi) is 5.11. The summed E-state index contributed by atoms with van der Waals surface area (Å²) in [5.74, 6) is -1.29. The SMILES string of the molecule is NC=Nc1nc(C(=O)NCc2ccc3c(c2)NC(=O)CO3)cc(C(F)(F)F)n1. The monoisotopic (exact) mass is 394 g/mol. The number of carbonyl (C=O) groups excluding carboxylic acids is 2. The zero-order valence-electron chi connectivity index (χ0n) is 14.1. The summed E-state index contributed by atoms with van der Waals surface area (Å²) >= 11 is 0. The lowest BCUT2D eigenvalue weighted by Gasteiger charge is -2.18. The van der Waals surface area contributed by atoms with E-state index in [1.807, 2.05) is 0 Å². The van der Waals surface area contributed by atoms with Gasteiger partial charge in [0.1, 0.15) is 11.4 Å². The molecule has 146 valence electrons. The fourth-order valence-corrected chi connectivity index (χ4v) is 2.33. The van der Waals surface area contributed by atoms with Crippen molar-refractivity contribution in [2.45, 2.75) is 12.7 Å². The van der Waals surface area contributed by atoms with Crippen LogP contribution in [-0.2, 0) is 17.5 Å². The van der Waals surface area contributed by atoms with E-state index in [0.717, 1.165) is 6.34 Å². The van der Waals surface area contributed by atoms with E-state index in [1.54, 1.807) is 18.2 Å². The van der Waals surface area contributed by atoms with E-state index < -0.39 is 29.4 Å². The Morgan fingerprint density at radius 3 is 2.86 bits per heavy atom. The number of halogens is 3. The van der Waals surface area contributed by atoms with Gasteiger partial charge in [-0.15, -0.1) is 0 Å². The molecular weight excluding hydrogens is 381 g/mol. The molecule has 0 saturated heterocycles. The number of nitrogens with one attached hydrogen (secondary N) is 2. The van der Waals surface area contributed by atoms with Gasteiger partial charge < -0.3 is 21.1 Å². The quantitative estimate of drug-likeness (QED) is 0.530. The molecule has 0 fully saturated rings. The first kappa shape index (κ1) is 19.1. The molecule has 28 heavy (non-hydrogen) atoms. The minimum Gasteiger partial charge on any atom is -0.482 e. The van der Waals surface area contributed by atoms with Gasteiger partial charge in [0, 0.05) is 12.6 Å². The first-order chi connectivity index (χ1) is 13.3. The first-order valence-corrected chi connectivity index (χ1v) is 7.80. The van der Waals surface area contributed by atoms with Gasteiger partial charge >= 0.3 is 6.18 Å². The summed E-state index contributed by atoms with van der Waals surface area (Å²) in [6, 6.07) is 5.35. The van der Waals surface area contributed by atoms with Gasteiger partial charge in [-0.05, 0) is 17.7 Å². The molecule has 0 spiro atoms. The number of nitrogens with two attached hydrogens (primary N) is 1. The molecule has 3 rings (SSSR count). The topological polar surface area (TPSA) is 132 Å². The summed E-state index contributed by atoms with van der Waals surface area (Å²) in [5.41, 5.74) is 4.24. The van der Waals surface area contributed by atoms with Crippen LogP contribution in [0.15, 0.2) is 29.3 Å². The third-order valence-electron chi connectivity index (χ3n) is 3.56. The Balaban J connectivity index is 1.77. The number of nitrogens with zero attached hydrogens (tertiary/aromatic N) is 3. The molecule has 1 aliphatic rings. The molecule has 4 N–H and O–H groups in total. The van der Waals surface area contributed by atoms with Gasteiger partial charge in [-0.2, -0.15) is 13.2 Å². The zero-order chi connectivity index (χ0) is 20.3. The summed E-state index contributed by atoms with van der Waals surface area (Å²) in [5, 5.41) is 5.06. The molecule has 1 aromatic heterocycles. The fourth-order valence-electron chi connectivity index (χ4n) is 2.33. The van der Waals surface area contributed by atoms with Crippen LogP contribution in [0.4, 0.5) is 24.8 Å². The standard InChI is InChI=1S/C16H13F3N6O3/c17-16(18,19)12-4-10(24-15(25-12)22-7-20)14(27)21-5-8-1-2-11-9(3-8)23-13(26)6-28-11/h1-4,7H,5-6H2,(H,21,27)(H,23,26)(H2,20,22,24,25). The lowest BCUT2D eigenvalue weighted by atomic mass is 10.1. The fraction of sp³-hybridized carbons (Fsp3) is 0.188. The number of aliphatic imine (C=N–C) groups is 1. The highest BCUT2D eigenvalue weighted by atomic mass is 19.4. The van der Waals surface area contributed by atoms with Crippen LogP contribution in [-0.4, -0.2) is 34.7 Å². The number of hydrogen-bond donors (Lipinski definition) is 3. The van der Waals surface area contributed by atoms with Crippen LogP contribution < -0.4 is 21.1 Å².